The fourth-order valence-corrected chi connectivity index (χ4v) is 3.49. The van der Waals surface area contributed by atoms with Crippen molar-refractivity contribution < 1.29 is 9.47 Å². The lowest BCUT2D eigenvalue weighted by Gasteiger charge is -2.25. The smallest absolute Gasteiger partial charge is 0.166 e. The third-order valence-corrected chi connectivity index (χ3v) is 4.56. The molecule has 3 rings (SSSR count). The van der Waals surface area contributed by atoms with Crippen LogP contribution in [0, 0.1) is 0 Å². The molecule has 0 aromatic heterocycles. The van der Waals surface area contributed by atoms with Gasteiger partial charge in [-0.1, -0.05) is 11.6 Å². The molecule has 1 aromatic carbocycles. The van der Waals surface area contributed by atoms with Gasteiger partial charge in [0.2, 0.25) is 0 Å². The summed E-state index contributed by atoms with van der Waals surface area (Å²) in [6.45, 7) is 4.20. The van der Waals surface area contributed by atoms with Gasteiger partial charge in [0.1, 0.15) is 6.10 Å². The maximum Gasteiger partial charge on any atom is 0.166 e. The molecule has 19 heavy (non-hydrogen) atoms. The second-order valence-corrected chi connectivity index (χ2v) is 5.82. The van der Waals surface area contributed by atoms with Gasteiger partial charge in [0, 0.05) is 12.0 Å². The normalized spacial score (nSPS) is 23.0. The first-order valence-electron chi connectivity index (χ1n) is 6.97. The summed E-state index contributed by atoms with van der Waals surface area (Å²) >= 11 is 6.63. The van der Waals surface area contributed by atoms with Gasteiger partial charge in [-0.25, -0.2) is 0 Å². The zero-order valence-corrected chi connectivity index (χ0v) is 12.2. The maximum atomic E-state index is 6.63. The molecule has 0 spiro atoms. The average Bonchev–Trinajstić information content (AvgIpc) is 2.83. The molecule has 2 heterocycles. The van der Waals surface area contributed by atoms with Crippen molar-refractivity contribution >= 4 is 11.6 Å². The third kappa shape index (κ3) is 2.30. The second-order valence-electron chi connectivity index (χ2n) is 5.45. The highest BCUT2D eigenvalue weighted by Gasteiger charge is 2.30. The number of hydrogen-bond donors (Lipinski definition) is 1. The summed E-state index contributed by atoms with van der Waals surface area (Å²) in [6.07, 6.45) is 3.34. The van der Waals surface area contributed by atoms with Crippen LogP contribution in [0.4, 0.5) is 0 Å². The molecule has 0 aliphatic carbocycles. The molecule has 1 unspecified atom stereocenters. The number of fused-ring (bicyclic) bond motifs is 1. The number of benzene rings is 1. The van der Waals surface area contributed by atoms with Crippen molar-refractivity contribution in [2.45, 2.75) is 38.2 Å². The van der Waals surface area contributed by atoms with Crippen molar-refractivity contribution in [1.82, 2.24) is 5.32 Å². The molecular formula is C15H20ClNO2. The first-order chi connectivity index (χ1) is 9.20. The van der Waals surface area contributed by atoms with Gasteiger partial charge < -0.3 is 14.8 Å². The van der Waals surface area contributed by atoms with E-state index in [0.29, 0.717) is 5.92 Å². The molecule has 1 atom stereocenters. The minimum absolute atomic E-state index is 0.185. The molecule has 0 bridgehead atoms. The Bertz CT molecular complexity index is 484. The van der Waals surface area contributed by atoms with E-state index in [1.54, 1.807) is 7.11 Å². The fraction of sp³-hybridized carbons (Fsp3) is 0.600. The van der Waals surface area contributed by atoms with E-state index >= 15 is 0 Å². The standard InChI is InChI=1S/C15H20ClNO2/c1-9-7-12-14(16)11(10-3-5-17-6-4-10)8-13(18-2)15(12)19-9/h8-10,17H,3-7H2,1-2H3. The lowest BCUT2D eigenvalue weighted by atomic mass is 9.88. The summed E-state index contributed by atoms with van der Waals surface area (Å²) < 4.78 is 11.3. The van der Waals surface area contributed by atoms with Crippen molar-refractivity contribution in [3.05, 3.63) is 22.2 Å². The summed E-state index contributed by atoms with van der Waals surface area (Å²) in [4.78, 5) is 0. The van der Waals surface area contributed by atoms with Crippen molar-refractivity contribution in [2.24, 2.45) is 0 Å². The van der Waals surface area contributed by atoms with Gasteiger partial charge in [-0.2, -0.15) is 0 Å². The predicted molar refractivity (Wildman–Crippen MR) is 76.6 cm³/mol. The van der Waals surface area contributed by atoms with Crippen LogP contribution in [-0.4, -0.2) is 26.3 Å². The topological polar surface area (TPSA) is 30.5 Å². The molecule has 2 aliphatic rings. The van der Waals surface area contributed by atoms with E-state index in [2.05, 4.69) is 18.3 Å². The van der Waals surface area contributed by atoms with Gasteiger partial charge in [-0.15, -0.1) is 0 Å². The summed E-state index contributed by atoms with van der Waals surface area (Å²) in [5.74, 6) is 2.21. The van der Waals surface area contributed by atoms with Crippen LogP contribution < -0.4 is 14.8 Å². The molecule has 1 N–H and O–H groups in total. The lowest BCUT2D eigenvalue weighted by molar-refractivity contribution is 0.243. The number of piperidine rings is 1. The Balaban J connectivity index is 2.03. The highest BCUT2D eigenvalue weighted by Crippen LogP contribution is 2.46. The van der Waals surface area contributed by atoms with Crippen LogP contribution in [0.2, 0.25) is 5.02 Å². The quantitative estimate of drug-likeness (QED) is 0.903. The largest absolute Gasteiger partial charge is 0.493 e. The van der Waals surface area contributed by atoms with Crippen molar-refractivity contribution in [1.29, 1.82) is 0 Å². The first-order valence-corrected chi connectivity index (χ1v) is 7.35. The average molecular weight is 282 g/mol. The van der Waals surface area contributed by atoms with Crippen LogP contribution in [0.15, 0.2) is 6.07 Å². The summed E-state index contributed by atoms with van der Waals surface area (Å²) in [7, 11) is 1.70. The zero-order valence-electron chi connectivity index (χ0n) is 11.5. The minimum Gasteiger partial charge on any atom is -0.493 e. The predicted octanol–water partition coefficient (Wildman–Crippen LogP) is 3.14. The van der Waals surface area contributed by atoms with Gasteiger partial charge in [0.15, 0.2) is 11.5 Å². The zero-order chi connectivity index (χ0) is 13.4. The van der Waals surface area contributed by atoms with Gasteiger partial charge in [0.05, 0.1) is 12.1 Å². The number of methoxy groups -OCH3 is 1. The SMILES string of the molecule is COc1cc(C2CCNCC2)c(Cl)c2c1OC(C)C2. The van der Waals surface area contributed by atoms with Crippen LogP contribution in [0.3, 0.4) is 0 Å². The van der Waals surface area contributed by atoms with Gasteiger partial charge in [-0.3, -0.25) is 0 Å². The first kappa shape index (κ1) is 13.1. The summed E-state index contributed by atoms with van der Waals surface area (Å²) in [5.41, 5.74) is 2.36. The Morgan fingerprint density at radius 3 is 2.79 bits per heavy atom. The van der Waals surface area contributed by atoms with E-state index in [4.69, 9.17) is 21.1 Å². The molecule has 0 saturated carbocycles. The Hall–Kier alpha value is -0.930. The van der Waals surface area contributed by atoms with Crippen molar-refractivity contribution in [3.8, 4) is 11.5 Å². The molecule has 1 aromatic rings. The van der Waals surface area contributed by atoms with Gasteiger partial charge >= 0.3 is 0 Å². The summed E-state index contributed by atoms with van der Waals surface area (Å²) in [6, 6.07) is 2.08. The van der Waals surface area contributed by atoms with Gasteiger partial charge in [0.25, 0.3) is 0 Å². The Morgan fingerprint density at radius 1 is 1.37 bits per heavy atom. The molecule has 2 aliphatic heterocycles. The molecule has 4 heteroatoms. The van der Waals surface area contributed by atoms with E-state index in [9.17, 15) is 0 Å². The van der Waals surface area contributed by atoms with Gasteiger partial charge in [-0.05, 0) is 50.4 Å². The molecule has 104 valence electrons. The maximum absolute atomic E-state index is 6.63. The van der Waals surface area contributed by atoms with Crippen molar-refractivity contribution in [3.63, 3.8) is 0 Å². The van der Waals surface area contributed by atoms with E-state index in [-0.39, 0.29) is 6.10 Å². The number of hydrogen-bond acceptors (Lipinski definition) is 3. The third-order valence-electron chi connectivity index (χ3n) is 4.11. The van der Waals surface area contributed by atoms with E-state index < -0.39 is 0 Å². The monoisotopic (exact) mass is 281 g/mol. The van der Waals surface area contributed by atoms with E-state index in [1.165, 1.54) is 5.56 Å². The summed E-state index contributed by atoms with van der Waals surface area (Å²) in [5, 5.41) is 4.29. The number of rotatable bonds is 2. The van der Waals surface area contributed by atoms with Crippen molar-refractivity contribution in [2.75, 3.05) is 20.2 Å². The lowest BCUT2D eigenvalue weighted by Crippen LogP contribution is -2.26. The highest BCUT2D eigenvalue weighted by atomic mass is 35.5. The molecule has 3 nitrogen and oxygen atoms in total. The van der Waals surface area contributed by atoms with E-state index in [0.717, 1.165) is 54.4 Å². The highest BCUT2D eigenvalue weighted by molar-refractivity contribution is 6.32. The molecule has 1 saturated heterocycles. The fourth-order valence-electron chi connectivity index (χ4n) is 3.12. The molecule has 0 amide bonds. The van der Waals surface area contributed by atoms with Crippen LogP contribution in [0.1, 0.15) is 36.8 Å². The Kier molecular flexibility index (Phi) is 3.59. The number of ether oxygens (including phenoxy) is 2. The van der Waals surface area contributed by atoms with Crippen LogP contribution in [0.25, 0.3) is 0 Å². The second kappa shape index (κ2) is 5.22. The molecule has 0 radical (unpaired) electrons. The number of halogens is 1. The van der Waals surface area contributed by atoms with Crippen LogP contribution >= 0.6 is 11.6 Å². The number of nitrogens with one attached hydrogen (secondary N) is 1. The van der Waals surface area contributed by atoms with E-state index in [1.807, 2.05) is 0 Å². The Labute approximate surface area is 119 Å². The molecular weight excluding hydrogens is 262 g/mol. The minimum atomic E-state index is 0.185. The van der Waals surface area contributed by atoms with Crippen LogP contribution in [0.5, 0.6) is 11.5 Å². The van der Waals surface area contributed by atoms with Crippen LogP contribution in [-0.2, 0) is 6.42 Å². The Morgan fingerprint density at radius 2 is 2.11 bits per heavy atom. The molecule has 1 fully saturated rings.